The van der Waals surface area contributed by atoms with E-state index in [0.29, 0.717) is 6.04 Å². The van der Waals surface area contributed by atoms with Gasteiger partial charge in [0.05, 0.1) is 0 Å². The van der Waals surface area contributed by atoms with Gasteiger partial charge in [0.15, 0.2) is 0 Å². The molecule has 0 radical (unpaired) electrons. The van der Waals surface area contributed by atoms with Crippen LogP contribution in [0.15, 0.2) is 0 Å². The number of rotatable bonds is 5. The first-order valence-electron chi connectivity index (χ1n) is 7.48. The molecule has 1 unspecified atom stereocenters. The average molecular weight is 256 g/mol. The molecule has 2 aliphatic carbocycles. The van der Waals surface area contributed by atoms with Crippen LogP contribution in [0.3, 0.4) is 0 Å². The lowest BCUT2D eigenvalue weighted by Gasteiger charge is -2.26. The van der Waals surface area contributed by atoms with E-state index in [-0.39, 0.29) is 0 Å². The van der Waals surface area contributed by atoms with Crippen molar-refractivity contribution in [3.8, 4) is 0 Å². The molecule has 0 aliphatic heterocycles. The third-order valence-corrected chi connectivity index (χ3v) is 5.99. The monoisotopic (exact) mass is 256 g/mol. The van der Waals surface area contributed by atoms with E-state index < -0.39 is 0 Å². The lowest BCUT2D eigenvalue weighted by molar-refractivity contribution is 0.346. The number of nitrogens with one attached hydrogen (secondary N) is 1. The Bertz CT molecular complexity index is 196. The van der Waals surface area contributed by atoms with Crippen LogP contribution in [0.1, 0.15) is 64.2 Å². The van der Waals surface area contributed by atoms with E-state index in [4.69, 9.17) is 5.84 Å². The smallest absolute Gasteiger partial charge is 0.0329 e. The lowest BCUT2D eigenvalue weighted by atomic mass is 9.93. The zero-order valence-corrected chi connectivity index (χ0v) is 11.8. The molecule has 2 saturated carbocycles. The summed E-state index contributed by atoms with van der Waals surface area (Å²) in [5.41, 5.74) is 3.10. The number of hydrazine groups is 1. The molecule has 0 amide bonds. The highest BCUT2D eigenvalue weighted by Gasteiger charge is 2.24. The second kappa shape index (κ2) is 7.65. The van der Waals surface area contributed by atoms with E-state index in [9.17, 15) is 0 Å². The van der Waals surface area contributed by atoms with Crippen LogP contribution >= 0.6 is 11.8 Å². The summed E-state index contributed by atoms with van der Waals surface area (Å²) >= 11 is 2.17. The Kier molecular flexibility index (Phi) is 6.16. The number of thioether (sulfide) groups is 1. The molecule has 0 aromatic rings. The van der Waals surface area contributed by atoms with Crippen molar-refractivity contribution in [3.63, 3.8) is 0 Å². The first kappa shape index (κ1) is 13.7. The van der Waals surface area contributed by atoms with E-state index in [0.717, 1.165) is 11.2 Å². The van der Waals surface area contributed by atoms with Crippen LogP contribution in [0.5, 0.6) is 0 Å². The summed E-state index contributed by atoms with van der Waals surface area (Å²) in [7, 11) is 0. The summed E-state index contributed by atoms with van der Waals surface area (Å²) in [5, 5.41) is 0.927. The van der Waals surface area contributed by atoms with Crippen molar-refractivity contribution in [2.45, 2.75) is 75.5 Å². The topological polar surface area (TPSA) is 38.0 Å². The van der Waals surface area contributed by atoms with E-state index in [2.05, 4.69) is 17.2 Å². The molecule has 3 heteroatoms. The summed E-state index contributed by atoms with van der Waals surface area (Å²) in [6.07, 6.45) is 14.2. The molecule has 17 heavy (non-hydrogen) atoms. The van der Waals surface area contributed by atoms with Gasteiger partial charge in [0, 0.05) is 17.0 Å². The van der Waals surface area contributed by atoms with Crippen molar-refractivity contribution in [2.24, 2.45) is 11.8 Å². The van der Waals surface area contributed by atoms with Crippen LogP contribution in [0.4, 0.5) is 0 Å². The van der Waals surface area contributed by atoms with Gasteiger partial charge >= 0.3 is 0 Å². The second-order valence-corrected chi connectivity index (χ2v) is 7.10. The van der Waals surface area contributed by atoms with Gasteiger partial charge in [-0.3, -0.25) is 11.3 Å². The highest BCUT2D eigenvalue weighted by molar-refractivity contribution is 7.99. The Balaban J connectivity index is 1.73. The largest absolute Gasteiger partial charge is 0.271 e. The van der Waals surface area contributed by atoms with Gasteiger partial charge in [-0.05, 0) is 31.6 Å². The summed E-state index contributed by atoms with van der Waals surface area (Å²) in [6, 6.07) is 0.554. The van der Waals surface area contributed by atoms with E-state index in [1.54, 1.807) is 0 Å². The van der Waals surface area contributed by atoms with Gasteiger partial charge < -0.3 is 0 Å². The molecule has 3 N–H and O–H groups in total. The maximum atomic E-state index is 5.78. The predicted molar refractivity (Wildman–Crippen MR) is 77.0 cm³/mol. The zero-order valence-electron chi connectivity index (χ0n) is 11.0. The minimum absolute atomic E-state index is 0.554. The molecule has 1 atom stereocenters. The Labute approximate surface area is 110 Å². The first-order chi connectivity index (χ1) is 8.40. The molecule has 0 saturated heterocycles. The average Bonchev–Trinajstić information content (AvgIpc) is 2.72. The molecule has 100 valence electrons. The molecule has 2 rings (SSSR count). The lowest BCUT2D eigenvalue weighted by Crippen LogP contribution is -2.43. The summed E-state index contributed by atoms with van der Waals surface area (Å²) in [4.78, 5) is 0. The van der Waals surface area contributed by atoms with Gasteiger partial charge in [-0.15, -0.1) is 0 Å². The van der Waals surface area contributed by atoms with Crippen LogP contribution in [-0.2, 0) is 0 Å². The third kappa shape index (κ3) is 4.46. The van der Waals surface area contributed by atoms with Crippen LogP contribution in [-0.4, -0.2) is 17.0 Å². The fourth-order valence-corrected chi connectivity index (χ4v) is 4.84. The van der Waals surface area contributed by atoms with Gasteiger partial charge in [0.2, 0.25) is 0 Å². The number of hydrogen-bond donors (Lipinski definition) is 2. The Hall–Kier alpha value is 0.270. The Morgan fingerprint density at radius 1 is 0.941 bits per heavy atom. The summed E-state index contributed by atoms with van der Waals surface area (Å²) < 4.78 is 0. The molecule has 2 nitrogen and oxygen atoms in total. The molecular weight excluding hydrogens is 228 g/mol. The molecule has 0 spiro atoms. The predicted octanol–water partition coefficient (Wildman–Crippen LogP) is 3.46. The van der Waals surface area contributed by atoms with Gasteiger partial charge in [-0.25, -0.2) is 0 Å². The van der Waals surface area contributed by atoms with Crippen molar-refractivity contribution < 1.29 is 0 Å². The Morgan fingerprint density at radius 2 is 1.53 bits per heavy atom. The van der Waals surface area contributed by atoms with Crippen molar-refractivity contribution >= 4 is 11.8 Å². The fraction of sp³-hybridized carbons (Fsp3) is 1.00. The minimum Gasteiger partial charge on any atom is -0.271 e. The second-order valence-electron chi connectivity index (χ2n) is 5.76. The standard InChI is InChI=1S/C14H28N2S/c15-16-14(11-17-13-9-5-6-10-13)12-7-3-1-2-4-8-12/h12-14,16H,1-11,15H2. The molecule has 0 heterocycles. The molecular formula is C14H28N2S. The van der Waals surface area contributed by atoms with Gasteiger partial charge in [-0.1, -0.05) is 38.5 Å². The first-order valence-corrected chi connectivity index (χ1v) is 8.53. The van der Waals surface area contributed by atoms with Crippen molar-refractivity contribution in [1.29, 1.82) is 0 Å². The van der Waals surface area contributed by atoms with Crippen LogP contribution < -0.4 is 11.3 Å². The normalized spacial score (nSPS) is 25.9. The molecule has 2 fully saturated rings. The van der Waals surface area contributed by atoms with E-state index in [1.165, 1.54) is 70.0 Å². The highest BCUT2D eigenvalue weighted by atomic mass is 32.2. The highest BCUT2D eigenvalue weighted by Crippen LogP contribution is 2.32. The van der Waals surface area contributed by atoms with Gasteiger partial charge in [0.1, 0.15) is 0 Å². The zero-order chi connectivity index (χ0) is 11.9. The molecule has 0 aromatic carbocycles. The van der Waals surface area contributed by atoms with Crippen molar-refractivity contribution in [2.75, 3.05) is 5.75 Å². The molecule has 0 bridgehead atoms. The molecule has 2 aliphatic rings. The number of nitrogens with two attached hydrogens (primary N) is 1. The van der Waals surface area contributed by atoms with Gasteiger partial charge in [0.25, 0.3) is 0 Å². The Morgan fingerprint density at radius 3 is 2.12 bits per heavy atom. The van der Waals surface area contributed by atoms with Crippen LogP contribution in [0.25, 0.3) is 0 Å². The molecule has 0 aromatic heterocycles. The fourth-order valence-electron chi connectivity index (χ4n) is 3.33. The van der Waals surface area contributed by atoms with Crippen molar-refractivity contribution in [1.82, 2.24) is 5.43 Å². The number of hydrogen-bond acceptors (Lipinski definition) is 3. The van der Waals surface area contributed by atoms with Gasteiger partial charge in [-0.2, -0.15) is 11.8 Å². The minimum atomic E-state index is 0.554. The quantitative estimate of drug-likeness (QED) is 0.449. The maximum Gasteiger partial charge on any atom is 0.0329 e. The SMILES string of the molecule is NNC(CSC1CCCC1)C1CCCCCC1. The van der Waals surface area contributed by atoms with Crippen molar-refractivity contribution in [3.05, 3.63) is 0 Å². The summed E-state index contributed by atoms with van der Waals surface area (Å²) in [6.45, 7) is 0. The van der Waals surface area contributed by atoms with E-state index in [1.807, 2.05) is 0 Å². The van der Waals surface area contributed by atoms with Crippen LogP contribution in [0.2, 0.25) is 0 Å². The van der Waals surface area contributed by atoms with Crippen LogP contribution in [0, 0.1) is 5.92 Å². The van der Waals surface area contributed by atoms with E-state index >= 15 is 0 Å². The third-order valence-electron chi connectivity index (χ3n) is 4.50. The maximum absolute atomic E-state index is 5.78. The summed E-state index contributed by atoms with van der Waals surface area (Å²) in [5.74, 6) is 7.83.